The number of nitrogens with zero attached hydrogens (tertiary/aromatic N) is 1. The summed E-state index contributed by atoms with van der Waals surface area (Å²) in [6, 6.07) is 10.1. The summed E-state index contributed by atoms with van der Waals surface area (Å²) < 4.78 is 0. The Balaban J connectivity index is 2.34. The topological polar surface area (TPSA) is 54.7 Å². The molecule has 0 amide bonds. The van der Waals surface area contributed by atoms with Gasteiger partial charge in [-0.15, -0.1) is 0 Å². The molecule has 0 saturated carbocycles. The van der Waals surface area contributed by atoms with E-state index in [1.54, 1.807) is 0 Å². The van der Waals surface area contributed by atoms with Gasteiger partial charge in [-0.2, -0.15) is 0 Å². The minimum absolute atomic E-state index is 0.382. The monoisotopic (exact) mass is 215 g/mol. The molecule has 1 aromatic heterocycles. The number of hydrogen-bond donors (Lipinski definition) is 2. The molecule has 3 N–H and O–H groups in total. The Bertz CT molecular complexity index is 457. The lowest BCUT2D eigenvalue weighted by atomic mass is 10.00. The van der Waals surface area contributed by atoms with Crippen LogP contribution in [0.3, 0.4) is 0 Å². The zero-order valence-electron chi connectivity index (χ0n) is 9.70. The predicted octanol–water partition coefficient (Wildman–Crippen LogP) is 2.66. The highest BCUT2D eigenvalue weighted by atomic mass is 15.0. The summed E-state index contributed by atoms with van der Waals surface area (Å²) in [7, 11) is 0. The lowest BCUT2D eigenvalue weighted by Crippen LogP contribution is -2.33. The van der Waals surface area contributed by atoms with Gasteiger partial charge in [0.2, 0.25) is 0 Å². The van der Waals surface area contributed by atoms with Crippen LogP contribution in [-0.4, -0.2) is 9.97 Å². The Hall–Kier alpha value is -1.61. The second-order valence-electron chi connectivity index (χ2n) is 4.28. The summed E-state index contributed by atoms with van der Waals surface area (Å²) in [4.78, 5) is 7.64. The summed E-state index contributed by atoms with van der Waals surface area (Å²) in [6.07, 6.45) is 2.69. The first-order valence-corrected chi connectivity index (χ1v) is 5.53. The van der Waals surface area contributed by atoms with Crippen LogP contribution in [-0.2, 0) is 5.54 Å². The van der Waals surface area contributed by atoms with Crippen LogP contribution in [0, 0.1) is 0 Å². The zero-order valence-corrected chi connectivity index (χ0v) is 9.70. The van der Waals surface area contributed by atoms with Gasteiger partial charge in [0, 0.05) is 0 Å². The zero-order chi connectivity index (χ0) is 11.6. The molecule has 0 aliphatic heterocycles. The molecule has 84 valence electrons. The van der Waals surface area contributed by atoms with Crippen molar-refractivity contribution in [3.05, 3.63) is 42.4 Å². The highest BCUT2D eigenvalue weighted by molar-refractivity contribution is 5.58. The standard InChI is InChI=1S/C13H17N3/c1-3-13(2,14)12-15-9-11(16-12)10-7-5-4-6-8-10/h4-9H,3,14H2,1-2H3,(H,15,16). The van der Waals surface area contributed by atoms with E-state index in [1.807, 2.05) is 31.3 Å². The van der Waals surface area contributed by atoms with Crippen molar-refractivity contribution in [1.29, 1.82) is 0 Å². The minimum Gasteiger partial charge on any atom is -0.340 e. The van der Waals surface area contributed by atoms with Crippen LogP contribution in [0.1, 0.15) is 26.1 Å². The summed E-state index contributed by atoms with van der Waals surface area (Å²) in [5.41, 5.74) is 7.90. The first-order valence-electron chi connectivity index (χ1n) is 5.53. The fraction of sp³-hybridized carbons (Fsp3) is 0.308. The molecule has 3 heteroatoms. The van der Waals surface area contributed by atoms with E-state index < -0.39 is 0 Å². The van der Waals surface area contributed by atoms with E-state index in [1.165, 1.54) is 0 Å². The number of aromatic nitrogens is 2. The van der Waals surface area contributed by atoms with E-state index in [4.69, 9.17) is 5.73 Å². The van der Waals surface area contributed by atoms with Crippen molar-refractivity contribution in [1.82, 2.24) is 9.97 Å². The van der Waals surface area contributed by atoms with Gasteiger partial charge in [-0.25, -0.2) is 4.98 Å². The number of imidazole rings is 1. The van der Waals surface area contributed by atoms with Crippen molar-refractivity contribution in [3.63, 3.8) is 0 Å². The second kappa shape index (κ2) is 4.10. The summed E-state index contributed by atoms with van der Waals surface area (Å²) in [5.74, 6) is 0.842. The van der Waals surface area contributed by atoms with E-state index in [0.29, 0.717) is 0 Å². The van der Waals surface area contributed by atoms with Gasteiger partial charge in [-0.1, -0.05) is 37.3 Å². The van der Waals surface area contributed by atoms with Crippen LogP contribution >= 0.6 is 0 Å². The maximum absolute atomic E-state index is 6.13. The molecule has 1 atom stereocenters. The van der Waals surface area contributed by atoms with Crippen LogP contribution in [0.25, 0.3) is 11.3 Å². The average molecular weight is 215 g/mol. The van der Waals surface area contributed by atoms with Crippen LogP contribution in [0.4, 0.5) is 0 Å². The molecule has 0 fully saturated rings. The number of aromatic amines is 1. The SMILES string of the molecule is CCC(C)(N)c1ncc(-c2ccccc2)[nH]1. The fourth-order valence-corrected chi connectivity index (χ4v) is 1.54. The number of hydrogen-bond acceptors (Lipinski definition) is 2. The maximum Gasteiger partial charge on any atom is 0.126 e. The fourth-order valence-electron chi connectivity index (χ4n) is 1.54. The van der Waals surface area contributed by atoms with Crippen LogP contribution in [0.5, 0.6) is 0 Å². The van der Waals surface area contributed by atoms with Gasteiger partial charge >= 0.3 is 0 Å². The molecule has 0 saturated heterocycles. The van der Waals surface area contributed by atoms with Crippen LogP contribution in [0.15, 0.2) is 36.5 Å². The molecule has 0 spiro atoms. The predicted molar refractivity (Wildman–Crippen MR) is 65.9 cm³/mol. The number of H-pyrrole nitrogens is 1. The molecule has 0 aliphatic carbocycles. The lowest BCUT2D eigenvalue weighted by Gasteiger charge is -2.19. The van der Waals surface area contributed by atoms with Gasteiger partial charge < -0.3 is 10.7 Å². The molecule has 1 heterocycles. The number of nitrogens with two attached hydrogens (primary N) is 1. The first-order chi connectivity index (χ1) is 7.63. The summed E-state index contributed by atoms with van der Waals surface area (Å²) in [5, 5.41) is 0. The van der Waals surface area contributed by atoms with Gasteiger partial charge in [0.15, 0.2) is 0 Å². The average Bonchev–Trinajstić information content (AvgIpc) is 2.80. The molecule has 1 unspecified atom stereocenters. The Morgan fingerprint density at radius 2 is 2.00 bits per heavy atom. The Morgan fingerprint density at radius 3 is 2.62 bits per heavy atom. The maximum atomic E-state index is 6.13. The molecule has 0 bridgehead atoms. The van der Waals surface area contributed by atoms with E-state index in [9.17, 15) is 0 Å². The van der Waals surface area contributed by atoms with E-state index >= 15 is 0 Å². The van der Waals surface area contributed by atoms with Gasteiger partial charge in [0.1, 0.15) is 5.82 Å². The molecule has 0 radical (unpaired) electrons. The number of rotatable bonds is 3. The lowest BCUT2D eigenvalue weighted by molar-refractivity contribution is 0.450. The van der Waals surface area contributed by atoms with Gasteiger partial charge in [0.05, 0.1) is 17.4 Å². The van der Waals surface area contributed by atoms with Crippen molar-refractivity contribution in [2.24, 2.45) is 5.73 Å². The molecule has 2 rings (SSSR count). The van der Waals surface area contributed by atoms with Gasteiger partial charge in [-0.3, -0.25) is 0 Å². The smallest absolute Gasteiger partial charge is 0.126 e. The van der Waals surface area contributed by atoms with E-state index in [-0.39, 0.29) is 5.54 Å². The molecule has 2 aromatic rings. The van der Waals surface area contributed by atoms with E-state index in [2.05, 4.69) is 29.0 Å². The highest BCUT2D eigenvalue weighted by Gasteiger charge is 2.22. The number of benzene rings is 1. The van der Waals surface area contributed by atoms with Crippen molar-refractivity contribution < 1.29 is 0 Å². The minimum atomic E-state index is -0.382. The van der Waals surface area contributed by atoms with Crippen molar-refractivity contribution >= 4 is 0 Å². The van der Waals surface area contributed by atoms with Gasteiger partial charge in [0.25, 0.3) is 0 Å². The first kappa shape index (κ1) is 10.9. The van der Waals surface area contributed by atoms with Crippen molar-refractivity contribution in [2.75, 3.05) is 0 Å². The van der Waals surface area contributed by atoms with Crippen molar-refractivity contribution in [2.45, 2.75) is 25.8 Å². The number of nitrogens with one attached hydrogen (secondary N) is 1. The summed E-state index contributed by atoms with van der Waals surface area (Å²) >= 11 is 0. The Labute approximate surface area is 95.7 Å². The molecule has 0 aliphatic rings. The molecule has 16 heavy (non-hydrogen) atoms. The molecule has 1 aromatic carbocycles. The quantitative estimate of drug-likeness (QED) is 0.827. The largest absolute Gasteiger partial charge is 0.340 e. The van der Waals surface area contributed by atoms with E-state index in [0.717, 1.165) is 23.5 Å². The highest BCUT2D eigenvalue weighted by Crippen LogP contribution is 2.22. The molecular formula is C13H17N3. The van der Waals surface area contributed by atoms with Crippen LogP contribution < -0.4 is 5.73 Å². The third-order valence-corrected chi connectivity index (χ3v) is 2.94. The van der Waals surface area contributed by atoms with Crippen molar-refractivity contribution in [3.8, 4) is 11.3 Å². The van der Waals surface area contributed by atoms with Crippen LogP contribution in [0.2, 0.25) is 0 Å². The normalized spacial score (nSPS) is 14.7. The Kier molecular flexibility index (Phi) is 2.79. The molecule has 3 nitrogen and oxygen atoms in total. The summed E-state index contributed by atoms with van der Waals surface area (Å²) in [6.45, 7) is 4.05. The van der Waals surface area contributed by atoms with Gasteiger partial charge in [-0.05, 0) is 18.9 Å². The second-order valence-corrected chi connectivity index (χ2v) is 4.28. The molecular weight excluding hydrogens is 198 g/mol. The third-order valence-electron chi connectivity index (χ3n) is 2.94. The third kappa shape index (κ3) is 1.99. The Morgan fingerprint density at radius 1 is 1.31 bits per heavy atom.